The Morgan fingerprint density at radius 1 is 0.972 bits per heavy atom. The highest BCUT2D eigenvalue weighted by atomic mass is 14.8. The third kappa shape index (κ3) is 4.48. The summed E-state index contributed by atoms with van der Waals surface area (Å²) in [6.07, 6.45) is 25.8. The Kier molecular flexibility index (Phi) is 7.16. The van der Waals surface area contributed by atoms with E-state index in [0.29, 0.717) is 16.7 Å². The number of nitrogens with zero attached hydrogens (tertiary/aromatic N) is 1. The van der Waals surface area contributed by atoms with E-state index in [1.54, 1.807) is 5.57 Å². The van der Waals surface area contributed by atoms with Gasteiger partial charge < -0.3 is 0 Å². The Morgan fingerprint density at radius 2 is 1.67 bits per heavy atom. The summed E-state index contributed by atoms with van der Waals surface area (Å²) < 4.78 is 0. The lowest BCUT2D eigenvalue weighted by Gasteiger charge is -2.60. The second-order valence-electron chi connectivity index (χ2n) is 14.0. The fourth-order valence-electron chi connectivity index (χ4n) is 8.85. The molecule has 7 rings (SSSR count). The zero-order valence-electron chi connectivity index (χ0n) is 24.2. The van der Waals surface area contributed by atoms with Gasteiger partial charge in [-0.3, -0.25) is 4.99 Å². The van der Waals surface area contributed by atoms with E-state index < -0.39 is 0 Å². The molecular formula is C35H51N. The van der Waals surface area contributed by atoms with Crippen molar-refractivity contribution in [1.29, 1.82) is 0 Å². The van der Waals surface area contributed by atoms with Crippen LogP contribution in [0.15, 0.2) is 63.4 Å². The number of rotatable bonds is 6. The van der Waals surface area contributed by atoms with Crippen molar-refractivity contribution in [3.8, 4) is 0 Å². The van der Waals surface area contributed by atoms with E-state index in [1.165, 1.54) is 60.9 Å². The molecule has 0 aromatic rings. The lowest BCUT2D eigenvalue weighted by Crippen LogP contribution is -2.52. The lowest BCUT2D eigenvalue weighted by atomic mass is 9.45. The average Bonchev–Trinajstić information content (AvgIpc) is 2.86. The fourth-order valence-corrected chi connectivity index (χ4v) is 8.85. The van der Waals surface area contributed by atoms with Gasteiger partial charge in [-0.2, -0.15) is 0 Å². The quantitative estimate of drug-likeness (QED) is 0.332. The molecule has 0 N–H and O–H groups in total. The van der Waals surface area contributed by atoms with Crippen molar-refractivity contribution in [3.63, 3.8) is 0 Å². The Morgan fingerprint density at radius 3 is 2.31 bits per heavy atom. The minimum absolute atomic E-state index is 0.515. The first-order valence-electron chi connectivity index (χ1n) is 15.1. The second-order valence-corrected chi connectivity index (χ2v) is 14.0. The van der Waals surface area contributed by atoms with Crippen molar-refractivity contribution in [2.75, 3.05) is 0 Å². The molecule has 1 heterocycles. The molecule has 196 valence electrons. The van der Waals surface area contributed by atoms with E-state index in [2.05, 4.69) is 85.1 Å². The maximum atomic E-state index is 5.06. The van der Waals surface area contributed by atoms with Crippen LogP contribution >= 0.6 is 0 Å². The molecular weight excluding hydrogens is 434 g/mol. The van der Waals surface area contributed by atoms with E-state index in [4.69, 9.17) is 4.99 Å². The Hall–Kier alpha value is -1.63. The van der Waals surface area contributed by atoms with Crippen LogP contribution < -0.4 is 0 Å². The molecule has 7 aliphatic rings. The molecule has 0 aromatic carbocycles. The van der Waals surface area contributed by atoms with E-state index in [9.17, 15) is 0 Å². The Labute approximate surface area is 222 Å². The smallest absolute Gasteiger partial charge is 0.0397 e. The van der Waals surface area contributed by atoms with Gasteiger partial charge in [-0.05, 0) is 129 Å². The predicted octanol–water partition coefficient (Wildman–Crippen LogP) is 10.0. The van der Waals surface area contributed by atoms with Crippen LogP contribution in [0.1, 0.15) is 106 Å². The minimum Gasteiger partial charge on any atom is -0.261 e. The average molecular weight is 486 g/mol. The van der Waals surface area contributed by atoms with Crippen molar-refractivity contribution < 1.29 is 0 Å². The summed E-state index contributed by atoms with van der Waals surface area (Å²) in [7, 11) is 0. The molecule has 6 aliphatic carbocycles. The summed E-state index contributed by atoms with van der Waals surface area (Å²) in [6, 6.07) is 0. The Bertz CT molecular complexity index is 1030. The first kappa shape index (κ1) is 26.0. The maximum Gasteiger partial charge on any atom is 0.0397 e. The number of allylic oxidation sites excluding steroid dienone is 10. The summed E-state index contributed by atoms with van der Waals surface area (Å²) in [6.45, 7) is 17.0. The van der Waals surface area contributed by atoms with Crippen LogP contribution in [-0.2, 0) is 0 Å². The van der Waals surface area contributed by atoms with E-state index in [-0.39, 0.29) is 0 Å². The summed E-state index contributed by atoms with van der Waals surface area (Å²) in [4.78, 5) is 5.06. The van der Waals surface area contributed by atoms with Crippen molar-refractivity contribution in [2.45, 2.75) is 106 Å². The summed E-state index contributed by atoms with van der Waals surface area (Å²) in [5.74, 6) is 5.10. The highest BCUT2D eigenvalue weighted by Crippen LogP contribution is 2.63. The van der Waals surface area contributed by atoms with Crippen LogP contribution in [0.3, 0.4) is 0 Å². The highest BCUT2D eigenvalue weighted by molar-refractivity contribution is 5.75. The molecule has 6 unspecified atom stereocenters. The van der Waals surface area contributed by atoms with Gasteiger partial charge in [0.1, 0.15) is 0 Å². The van der Waals surface area contributed by atoms with Crippen molar-refractivity contribution >= 4 is 6.21 Å². The van der Waals surface area contributed by atoms with Crippen LogP contribution in [0, 0.1) is 46.3 Å². The fraction of sp³-hybridized carbons (Fsp3) is 0.686. The van der Waals surface area contributed by atoms with Gasteiger partial charge in [0.15, 0.2) is 0 Å². The van der Waals surface area contributed by atoms with Crippen LogP contribution in [0.4, 0.5) is 0 Å². The van der Waals surface area contributed by atoms with Crippen LogP contribution in [-0.4, -0.2) is 6.21 Å². The monoisotopic (exact) mass is 485 g/mol. The second kappa shape index (κ2) is 9.92. The van der Waals surface area contributed by atoms with E-state index in [0.717, 1.165) is 48.9 Å². The molecule has 6 fully saturated rings. The topological polar surface area (TPSA) is 12.4 Å². The normalized spacial score (nSPS) is 37.7. The number of fused-ring (bicyclic) bond motifs is 4. The first-order chi connectivity index (χ1) is 17.1. The Balaban J connectivity index is 1.29. The highest BCUT2D eigenvalue weighted by Gasteiger charge is 2.55. The van der Waals surface area contributed by atoms with Gasteiger partial charge in [-0.15, -0.1) is 0 Å². The predicted molar refractivity (Wildman–Crippen MR) is 156 cm³/mol. The number of aliphatic imine (C=N–C) groups is 1. The molecule has 6 saturated carbocycles. The van der Waals surface area contributed by atoms with Gasteiger partial charge in [0, 0.05) is 17.8 Å². The largest absolute Gasteiger partial charge is 0.261 e. The van der Waals surface area contributed by atoms with Crippen molar-refractivity contribution in [2.24, 2.45) is 51.3 Å². The van der Waals surface area contributed by atoms with Gasteiger partial charge in [-0.1, -0.05) is 70.1 Å². The molecule has 4 bridgehead atoms. The van der Waals surface area contributed by atoms with Crippen LogP contribution in [0.2, 0.25) is 0 Å². The van der Waals surface area contributed by atoms with E-state index >= 15 is 0 Å². The molecule has 1 nitrogen and oxygen atoms in total. The van der Waals surface area contributed by atoms with E-state index in [1.807, 2.05) is 0 Å². The maximum absolute atomic E-state index is 5.06. The van der Waals surface area contributed by atoms with Gasteiger partial charge in [0.05, 0.1) is 0 Å². The number of hydrogen-bond donors (Lipinski definition) is 0. The SMILES string of the molecule is CCC(C)=C(/C=C\C=C(/C)C1CCC2CC1C2(C)C)C1=CC=NC(C2CCC3CC2C3(C)C)=CCC1. The summed E-state index contributed by atoms with van der Waals surface area (Å²) in [5.41, 5.74) is 8.39. The molecule has 0 saturated heterocycles. The standard InChI is InChI=1S/C35H51N/c1-8-23(2)28(13-9-11-24(3)29-17-15-26-21-31(29)34(26,4)5)25-12-10-14-33(36-20-19-25)30-18-16-27-22-32(30)35(27,6)7/h9,11,13-14,19-20,26-27,29-32H,8,10,12,15-18,21-22H2,1-7H3/b13-9-,24-11+,25-19?,28-23?,33-14?,36-20?. The van der Waals surface area contributed by atoms with Crippen molar-refractivity contribution in [1.82, 2.24) is 0 Å². The molecule has 36 heavy (non-hydrogen) atoms. The number of hydrogen-bond acceptors (Lipinski definition) is 1. The van der Waals surface area contributed by atoms with Gasteiger partial charge in [0.25, 0.3) is 0 Å². The molecule has 1 heteroatoms. The third-order valence-corrected chi connectivity index (χ3v) is 11.9. The van der Waals surface area contributed by atoms with Gasteiger partial charge in [-0.25, -0.2) is 0 Å². The summed E-state index contributed by atoms with van der Waals surface area (Å²) >= 11 is 0. The van der Waals surface area contributed by atoms with Crippen LogP contribution in [0.5, 0.6) is 0 Å². The van der Waals surface area contributed by atoms with Gasteiger partial charge in [0.2, 0.25) is 0 Å². The molecule has 0 aromatic heterocycles. The zero-order valence-corrected chi connectivity index (χ0v) is 24.2. The zero-order chi connectivity index (χ0) is 25.7. The van der Waals surface area contributed by atoms with Crippen molar-refractivity contribution in [3.05, 3.63) is 58.4 Å². The third-order valence-electron chi connectivity index (χ3n) is 11.9. The molecule has 0 amide bonds. The molecule has 6 atom stereocenters. The van der Waals surface area contributed by atoms with Gasteiger partial charge >= 0.3 is 0 Å². The van der Waals surface area contributed by atoms with Crippen LogP contribution in [0.25, 0.3) is 0 Å². The molecule has 0 radical (unpaired) electrons. The minimum atomic E-state index is 0.515. The summed E-state index contributed by atoms with van der Waals surface area (Å²) in [5, 5.41) is 0. The molecule has 0 spiro atoms. The first-order valence-corrected chi connectivity index (χ1v) is 15.1. The lowest BCUT2D eigenvalue weighted by molar-refractivity contribution is -0.0938. The molecule has 1 aliphatic heterocycles.